The van der Waals surface area contributed by atoms with Gasteiger partial charge in [-0.2, -0.15) is 4.31 Å². The van der Waals surface area contributed by atoms with E-state index in [2.05, 4.69) is 20.8 Å². The van der Waals surface area contributed by atoms with Gasteiger partial charge in [-0.25, -0.2) is 13.4 Å². The molecule has 2 aromatic carbocycles. The fraction of sp³-hybridized carbons (Fsp3) is 0.440. The standard InChI is InChI=1S/C25H33BrN4O3S2/c1-5-14-29(15-6-2)35(32,33)21-11-8-19(9-12-21)24(31)30(17-7-16-28(3)4)25-27-22-13-10-20(26)18-23(22)34-25/h8-13,18H,5-7,14-17H2,1-4H3. The second-order valence-electron chi connectivity index (χ2n) is 8.65. The van der Waals surface area contributed by atoms with Crippen molar-refractivity contribution in [1.29, 1.82) is 0 Å². The zero-order valence-corrected chi connectivity index (χ0v) is 23.9. The minimum absolute atomic E-state index is 0.190. The number of sulfonamides is 1. The molecule has 190 valence electrons. The van der Waals surface area contributed by atoms with Gasteiger partial charge >= 0.3 is 0 Å². The Morgan fingerprint density at radius 3 is 2.23 bits per heavy atom. The minimum Gasteiger partial charge on any atom is -0.309 e. The van der Waals surface area contributed by atoms with Gasteiger partial charge in [0.2, 0.25) is 10.0 Å². The number of hydrogen-bond donors (Lipinski definition) is 0. The van der Waals surface area contributed by atoms with Crippen molar-refractivity contribution in [3.05, 3.63) is 52.5 Å². The Morgan fingerprint density at radius 2 is 1.63 bits per heavy atom. The Morgan fingerprint density at radius 1 is 0.971 bits per heavy atom. The lowest BCUT2D eigenvalue weighted by molar-refractivity contribution is 0.0986. The molecule has 7 nitrogen and oxygen atoms in total. The van der Waals surface area contributed by atoms with Gasteiger partial charge in [-0.1, -0.05) is 41.1 Å². The summed E-state index contributed by atoms with van der Waals surface area (Å²) in [4.78, 5) is 22.3. The van der Waals surface area contributed by atoms with Crippen molar-refractivity contribution >= 4 is 58.5 Å². The zero-order valence-electron chi connectivity index (χ0n) is 20.7. The number of amides is 1. The lowest BCUT2D eigenvalue weighted by atomic mass is 10.2. The van der Waals surface area contributed by atoms with Crippen LogP contribution in [0.1, 0.15) is 43.5 Å². The Balaban J connectivity index is 1.90. The maximum atomic E-state index is 13.6. The summed E-state index contributed by atoms with van der Waals surface area (Å²) in [6, 6.07) is 12.1. The van der Waals surface area contributed by atoms with Crippen LogP contribution in [0.5, 0.6) is 0 Å². The highest BCUT2D eigenvalue weighted by Gasteiger charge is 2.25. The van der Waals surface area contributed by atoms with Gasteiger partial charge in [0, 0.05) is 29.7 Å². The van der Waals surface area contributed by atoms with E-state index in [9.17, 15) is 13.2 Å². The summed E-state index contributed by atoms with van der Waals surface area (Å²) in [5, 5.41) is 0.635. The minimum atomic E-state index is -3.60. The number of carbonyl (C=O) groups is 1. The third kappa shape index (κ3) is 6.89. The number of aromatic nitrogens is 1. The molecule has 0 saturated heterocycles. The number of thiazole rings is 1. The quantitative estimate of drug-likeness (QED) is 0.284. The first-order valence-electron chi connectivity index (χ1n) is 11.8. The number of benzene rings is 2. The first-order valence-corrected chi connectivity index (χ1v) is 14.8. The second-order valence-corrected chi connectivity index (χ2v) is 12.5. The molecule has 0 radical (unpaired) electrons. The maximum absolute atomic E-state index is 13.6. The number of carbonyl (C=O) groups excluding carboxylic acids is 1. The van der Waals surface area contributed by atoms with Crippen LogP contribution in [0.2, 0.25) is 0 Å². The van der Waals surface area contributed by atoms with Crippen molar-refractivity contribution in [2.24, 2.45) is 0 Å². The summed E-state index contributed by atoms with van der Waals surface area (Å²) >= 11 is 4.97. The van der Waals surface area contributed by atoms with Crippen LogP contribution in [0.4, 0.5) is 5.13 Å². The summed E-state index contributed by atoms with van der Waals surface area (Å²) in [6.07, 6.45) is 2.28. The Labute approximate surface area is 220 Å². The molecule has 0 fully saturated rings. The molecular formula is C25H33BrN4O3S2. The largest absolute Gasteiger partial charge is 0.309 e. The van der Waals surface area contributed by atoms with Crippen LogP contribution >= 0.6 is 27.3 Å². The number of hydrogen-bond acceptors (Lipinski definition) is 6. The number of fused-ring (bicyclic) bond motifs is 1. The maximum Gasteiger partial charge on any atom is 0.260 e. The molecule has 1 heterocycles. The van der Waals surface area contributed by atoms with Gasteiger partial charge < -0.3 is 4.90 Å². The predicted molar refractivity (Wildman–Crippen MR) is 148 cm³/mol. The van der Waals surface area contributed by atoms with E-state index in [1.165, 1.54) is 27.8 Å². The van der Waals surface area contributed by atoms with E-state index < -0.39 is 10.0 Å². The summed E-state index contributed by atoms with van der Waals surface area (Å²) in [5.74, 6) is -0.190. The highest BCUT2D eigenvalue weighted by Crippen LogP contribution is 2.32. The van der Waals surface area contributed by atoms with Crippen LogP contribution in [-0.4, -0.2) is 68.8 Å². The molecule has 10 heteroatoms. The van der Waals surface area contributed by atoms with Crippen molar-refractivity contribution in [1.82, 2.24) is 14.2 Å². The molecule has 0 unspecified atom stereocenters. The fourth-order valence-electron chi connectivity index (χ4n) is 3.76. The van der Waals surface area contributed by atoms with Gasteiger partial charge in [0.25, 0.3) is 5.91 Å². The second kappa shape index (κ2) is 12.4. The van der Waals surface area contributed by atoms with Gasteiger partial charge in [-0.05, 0) is 82.4 Å². The van der Waals surface area contributed by atoms with Gasteiger partial charge in [-0.15, -0.1) is 0 Å². The van der Waals surface area contributed by atoms with E-state index in [0.29, 0.717) is 30.3 Å². The van der Waals surface area contributed by atoms with E-state index in [-0.39, 0.29) is 10.8 Å². The summed E-state index contributed by atoms with van der Waals surface area (Å²) in [5.41, 5.74) is 1.28. The number of halogens is 1. The zero-order chi connectivity index (χ0) is 25.6. The molecule has 0 bridgehead atoms. The van der Waals surface area contributed by atoms with E-state index in [1.54, 1.807) is 17.0 Å². The highest BCUT2D eigenvalue weighted by atomic mass is 79.9. The molecule has 0 N–H and O–H groups in total. The molecule has 3 rings (SSSR count). The molecule has 0 aliphatic carbocycles. The molecule has 0 saturated carbocycles. The summed E-state index contributed by atoms with van der Waals surface area (Å²) in [7, 11) is 0.405. The Hall–Kier alpha value is -1.85. The molecule has 0 aliphatic rings. The van der Waals surface area contributed by atoms with Crippen LogP contribution < -0.4 is 4.90 Å². The highest BCUT2D eigenvalue weighted by molar-refractivity contribution is 9.10. The third-order valence-corrected chi connectivity index (χ3v) is 8.93. The number of anilines is 1. The van der Waals surface area contributed by atoms with Gasteiger partial charge in [0.05, 0.1) is 15.1 Å². The van der Waals surface area contributed by atoms with Crippen molar-refractivity contribution in [3.63, 3.8) is 0 Å². The molecule has 35 heavy (non-hydrogen) atoms. The summed E-state index contributed by atoms with van der Waals surface area (Å²) in [6.45, 7) is 6.23. The van der Waals surface area contributed by atoms with Crippen molar-refractivity contribution < 1.29 is 13.2 Å². The van der Waals surface area contributed by atoms with Gasteiger partial charge in [0.1, 0.15) is 0 Å². The molecule has 1 aromatic heterocycles. The van der Waals surface area contributed by atoms with E-state index in [0.717, 1.165) is 40.5 Å². The first-order chi connectivity index (χ1) is 16.7. The van der Waals surface area contributed by atoms with Gasteiger partial charge in [0.15, 0.2) is 5.13 Å². The van der Waals surface area contributed by atoms with Crippen molar-refractivity contribution in [3.8, 4) is 0 Å². The topological polar surface area (TPSA) is 73.8 Å². The average Bonchev–Trinajstić information content (AvgIpc) is 3.24. The van der Waals surface area contributed by atoms with E-state index >= 15 is 0 Å². The molecule has 0 atom stereocenters. The first kappa shape index (κ1) is 27.7. The Kier molecular flexibility index (Phi) is 9.83. The predicted octanol–water partition coefficient (Wildman–Crippen LogP) is 5.47. The normalized spacial score (nSPS) is 12.1. The summed E-state index contributed by atoms with van der Waals surface area (Å²) < 4.78 is 29.7. The van der Waals surface area contributed by atoms with Crippen LogP contribution in [0.15, 0.2) is 51.8 Å². The van der Waals surface area contributed by atoms with Crippen molar-refractivity contribution in [2.75, 3.05) is 45.2 Å². The molecule has 0 spiro atoms. The lowest BCUT2D eigenvalue weighted by Crippen LogP contribution is -2.34. The van der Waals surface area contributed by atoms with Crippen LogP contribution in [0, 0.1) is 0 Å². The SMILES string of the molecule is CCCN(CCC)S(=O)(=O)c1ccc(C(=O)N(CCCN(C)C)c2nc3ccc(Br)cc3s2)cc1. The smallest absolute Gasteiger partial charge is 0.260 e. The average molecular weight is 582 g/mol. The molecular weight excluding hydrogens is 548 g/mol. The van der Waals surface area contributed by atoms with Crippen LogP contribution in [0.3, 0.4) is 0 Å². The monoisotopic (exact) mass is 580 g/mol. The van der Waals surface area contributed by atoms with Crippen molar-refractivity contribution in [2.45, 2.75) is 38.0 Å². The van der Waals surface area contributed by atoms with Gasteiger partial charge in [-0.3, -0.25) is 9.69 Å². The van der Waals surface area contributed by atoms with E-state index in [4.69, 9.17) is 4.98 Å². The molecule has 1 amide bonds. The van der Waals surface area contributed by atoms with Crippen LogP contribution in [0.25, 0.3) is 10.2 Å². The number of nitrogens with zero attached hydrogens (tertiary/aromatic N) is 4. The fourth-order valence-corrected chi connectivity index (χ4v) is 6.92. The Bertz CT molecular complexity index is 1240. The number of rotatable bonds is 12. The van der Waals surface area contributed by atoms with E-state index in [1.807, 2.05) is 46.1 Å². The van der Waals surface area contributed by atoms with Crippen LogP contribution in [-0.2, 0) is 10.0 Å². The lowest BCUT2D eigenvalue weighted by Gasteiger charge is -2.22. The third-order valence-electron chi connectivity index (χ3n) is 5.49. The molecule has 3 aromatic rings. The molecule has 0 aliphatic heterocycles.